The summed E-state index contributed by atoms with van der Waals surface area (Å²) < 4.78 is 41.4. The number of esters is 2. The lowest BCUT2D eigenvalue weighted by Crippen LogP contribution is -2.51. The second kappa shape index (κ2) is 19.2. The van der Waals surface area contributed by atoms with Gasteiger partial charge in [0.25, 0.3) is 0 Å². The lowest BCUT2D eigenvalue weighted by Gasteiger charge is -2.30. The van der Waals surface area contributed by atoms with Gasteiger partial charge in [0.1, 0.15) is 29.0 Å². The van der Waals surface area contributed by atoms with Crippen molar-refractivity contribution in [3.05, 3.63) is 81.8 Å². The summed E-state index contributed by atoms with van der Waals surface area (Å²) in [7, 11) is 2.58. The Kier molecular flexibility index (Phi) is 12.9. The Morgan fingerprint density at radius 1 is 0.875 bits per heavy atom. The molecule has 1 aliphatic carbocycles. The molecule has 4 aromatic heterocycles. The van der Waals surface area contributed by atoms with Crippen LogP contribution in [0.4, 0.5) is 9.18 Å². The highest BCUT2D eigenvalue weighted by molar-refractivity contribution is 7.12. The van der Waals surface area contributed by atoms with Gasteiger partial charge in [-0.3, -0.25) is 23.7 Å². The summed E-state index contributed by atoms with van der Waals surface area (Å²) in [5.41, 5.74) is 2.81. The number of aromatic nitrogens is 6. The Bertz CT molecular complexity index is 3100. The van der Waals surface area contributed by atoms with E-state index < -0.39 is 41.7 Å². The van der Waals surface area contributed by atoms with E-state index in [4.69, 9.17) is 23.9 Å². The molecule has 2 aromatic carbocycles. The number of fused-ring (bicyclic) bond motifs is 5. The number of H-pyrrole nitrogens is 2. The normalized spacial score (nSPS) is 19.7. The number of ether oxygens (including phenoxy) is 4. The van der Waals surface area contributed by atoms with Crippen molar-refractivity contribution < 1.29 is 47.3 Å². The van der Waals surface area contributed by atoms with Crippen molar-refractivity contribution in [2.24, 2.45) is 17.8 Å². The van der Waals surface area contributed by atoms with E-state index >= 15 is 4.39 Å². The van der Waals surface area contributed by atoms with Crippen LogP contribution in [0.1, 0.15) is 119 Å². The number of imidazole rings is 1. The number of methoxy groups -OCH3 is 2. The van der Waals surface area contributed by atoms with Crippen molar-refractivity contribution in [2.75, 3.05) is 27.3 Å². The zero-order chi connectivity index (χ0) is 50.7. The van der Waals surface area contributed by atoms with Crippen LogP contribution in [0, 0.1) is 23.6 Å². The highest BCUT2D eigenvalue weighted by Crippen LogP contribution is 2.54. The van der Waals surface area contributed by atoms with Crippen molar-refractivity contribution in [3.63, 3.8) is 0 Å². The Balaban J connectivity index is 0.984. The van der Waals surface area contributed by atoms with Gasteiger partial charge >= 0.3 is 18.0 Å². The maximum Gasteiger partial charge on any atom is 0.407 e. The molecule has 0 spiro atoms. The fourth-order valence-electron chi connectivity index (χ4n) is 10.6. The number of aromatic amines is 2. The molecular formula is C52H58FN9O9S. The first kappa shape index (κ1) is 48.5. The molecular weight excluding hydrogens is 946 g/mol. The summed E-state index contributed by atoms with van der Waals surface area (Å²) in [4.78, 5) is 81.0. The number of benzene rings is 2. The number of amides is 3. The third-order valence-electron chi connectivity index (χ3n) is 14.5. The minimum Gasteiger partial charge on any atom is -0.469 e. The highest BCUT2D eigenvalue weighted by atomic mass is 32.1. The van der Waals surface area contributed by atoms with Gasteiger partial charge in [-0.05, 0) is 98.9 Å². The van der Waals surface area contributed by atoms with Crippen LogP contribution in [0.5, 0.6) is 5.75 Å². The lowest BCUT2D eigenvalue weighted by molar-refractivity contribution is -0.149. The van der Waals surface area contributed by atoms with Gasteiger partial charge in [-0.25, -0.2) is 14.2 Å². The number of nitrogens with zero attached hydrogens (tertiary/aromatic N) is 6. The van der Waals surface area contributed by atoms with E-state index in [0.29, 0.717) is 78.9 Å². The summed E-state index contributed by atoms with van der Waals surface area (Å²) in [6.07, 6.45) is 4.56. The van der Waals surface area contributed by atoms with Crippen molar-refractivity contribution in [1.29, 1.82) is 0 Å². The second-order valence-corrected chi connectivity index (χ2v) is 21.0. The molecule has 5 atom stereocenters. The molecule has 72 heavy (non-hydrogen) atoms. The molecule has 6 aromatic rings. The number of hydrogen-bond donors (Lipinski definition) is 3. The van der Waals surface area contributed by atoms with Gasteiger partial charge in [-0.15, -0.1) is 21.5 Å². The molecule has 3 N–H and O–H groups in total. The molecule has 1 unspecified atom stereocenters. The average molecular weight is 1000 g/mol. The number of halogens is 1. The minimum absolute atomic E-state index is 0.00824. The van der Waals surface area contributed by atoms with Crippen molar-refractivity contribution in [2.45, 2.75) is 110 Å². The van der Waals surface area contributed by atoms with E-state index in [9.17, 15) is 24.0 Å². The summed E-state index contributed by atoms with van der Waals surface area (Å²) in [5.74, 6) is -0.744. The molecule has 3 aliphatic heterocycles. The first-order valence-electron chi connectivity index (χ1n) is 24.5. The molecule has 2 saturated heterocycles. The van der Waals surface area contributed by atoms with Crippen molar-refractivity contribution >= 4 is 52.1 Å². The minimum atomic E-state index is -0.781. The number of nitrogens with one attached hydrogen (secondary N) is 3. The van der Waals surface area contributed by atoms with Crippen LogP contribution in [0.25, 0.3) is 44.9 Å². The van der Waals surface area contributed by atoms with Gasteiger partial charge in [0, 0.05) is 41.4 Å². The zero-order valence-corrected chi connectivity index (χ0v) is 42.1. The van der Waals surface area contributed by atoms with Gasteiger partial charge in [-0.1, -0.05) is 27.7 Å². The van der Waals surface area contributed by atoms with Crippen molar-refractivity contribution in [3.8, 4) is 39.8 Å². The number of likely N-dealkylation sites (tertiary alicyclic amines) is 2. The third kappa shape index (κ3) is 8.87. The van der Waals surface area contributed by atoms with Gasteiger partial charge in [0.2, 0.25) is 18.0 Å². The monoisotopic (exact) mass is 1000 g/mol. The number of alkyl carbamates (subject to hydrolysis) is 1. The Labute approximate surface area is 419 Å². The average Bonchev–Trinajstić information content (AvgIpc) is 4.13. The number of hydrogen-bond acceptors (Lipinski definition) is 13. The lowest BCUT2D eigenvalue weighted by atomic mass is 9.90. The number of carbonyl (C=O) groups excluding carboxylic acids is 5. The fraction of sp³-hybridized carbons (Fsp3) is 0.462. The van der Waals surface area contributed by atoms with E-state index in [2.05, 4.69) is 25.5 Å². The number of thiophene rings is 1. The van der Waals surface area contributed by atoms with E-state index in [1.54, 1.807) is 17.2 Å². The van der Waals surface area contributed by atoms with Gasteiger partial charge in [-0.2, -0.15) is 0 Å². The van der Waals surface area contributed by atoms with E-state index in [1.165, 1.54) is 38.5 Å². The molecule has 3 amide bonds. The van der Waals surface area contributed by atoms with Gasteiger partial charge in [0.05, 0.1) is 72.2 Å². The van der Waals surface area contributed by atoms with Crippen LogP contribution in [0.3, 0.4) is 0 Å². The van der Waals surface area contributed by atoms with Crippen LogP contribution < -0.4 is 10.1 Å². The first-order chi connectivity index (χ1) is 34.6. The number of carbonyl (C=O) groups is 5. The maximum atomic E-state index is 17.0. The van der Waals surface area contributed by atoms with Crippen molar-refractivity contribution in [1.82, 2.24) is 44.8 Å². The molecule has 0 radical (unpaired) electrons. The Morgan fingerprint density at radius 3 is 2.32 bits per heavy atom. The van der Waals surface area contributed by atoms with Crippen LogP contribution in [-0.2, 0) is 39.0 Å². The third-order valence-corrected chi connectivity index (χ3v) is 15.8. The summed E-state index contributed by atoms with van der Waals surface area (Å²) >= 11 is 1.49. The Morgan fingerprint density at radius 2 is 1.62 bits per heavy atom. The summed E-state index contributed by atoms with van der Waals surface area (Å²) in [5, 5.41) is 12.5. The quantitative estimate of drug-likeness (QED) is 0.0690. The maximum absolute atomic E-state index is 17.0. The molecule has 7 heterocycles. The molecule has 0 bridgehead atoms. The topological polar surface area (TPSA) is 216 Å². The molecule has 378 valence electrons. The molecule has 20 heteroatoms. The fourth-order valence-corrected chi connectivity index (χ4v) is 11.8. The first-order valence-corrected chi connectivity index (χ1v) is 25.4. The zero-order valence-electron chi connectivity index (χ0n) is 41.2. The summed E-state index contributed by atoms with van der Waals surface area (Å²) in [6.45, 7) is 10.0. The molecule has 10 rings (SSSR count). The molecule has 3 fully saturated rings. The van der Waals surface area contributed by atoms with E-state index in [-0.39, 0.29) is 53.7 Å². The Hall–Kier alpha value is -7.09. The predicted octanol–water partition coefficient (Wildman–Crippen LogP) is 8.72. The smallest absolute Gasteiger partial charge is 0.407 e. The number of rotatable bonds is 14. The molecule has 1 saturated carbocycles. The van der Waals surface area contributed by atoms with E-state index in [1.807, 2.05) is 73.6 Å². The van der Waals surface area contributed by atoms with E-state index in [0.717, 1.165) is 39.1 Å². The predicted molar refractivity (Wildman–Crippen MR) is 263 cm³/mol. The molecule has 4 aliphatic rings. The second-order valence-electron chi connectivity index (χ2n) is 19.9. The van der Waals surface area contributed by atoms with Gasteiger partial charge in [0.15, 0.2) is 11.6 Å². The van der Waals surface area contributed by atoms with Crippen LogP contribution in [-0.4, -0.2) is 103 Å². The van der Waals surface area contributed by atoms with Gasteiger partial charge < -0.3 is 44.0 Å². The summed E-state index contributed by atoms with van der Waals surface area (Å²) in [6, 6.07) is 13.4. The van der Waals surface area contributed by atoms with Crippen LogP contribution >= 0.6 is 11.3 Å². The molecule has 18 nitrogen and oxygen atoms in total. The SMILES string of the molecule is COC(=O)C[C@H](C(=O)N1CCC[C@@H]1c1cnc(-c2cc(F)c3c(c2)OC(c2ccc(C4(OC(C)=O)CC4)s2)n2c-3cc3cc(-c4nnc([C@@H]5CCCN5C(=O)[C@@H](NC(=O)OC)C(C)C)[nH]4)ccc32)[nH]1)C(C)C. The van der Waals surface area contributed by atoms with Crippen LogP contribution in [0.15, 0.2) is 54.7 Å². The standard InChI is InChI=1S/C52H58FN9O9S/c1-26(2)32(24-42(64)68-6)48(65)60-18-8-10-36(60)34-25-54-45(55-34)31-21-33(53)43-38-22-30-20-29(46-57-47(59-58-46)37-11-9-19-61(37)49(66)44(27(3)4)56-51(67)69-7)12-13-35(30)62(38)50(70-39(43)23-31)40-14-15-41(72-40)52(16-17-52)71-28(5)63/h12-15,20-23,25-27,32,36-37,44,50H,8-11,16-19,24H2,1-7H3,(H,54,55)(H,56,67)(H,57,58,59)/t32-,36+,37-,44-,50?/m0/s1. The van der Waals surface area contributed by atoms with Crippen LogP contribution in [0.2, 0.25) is 0 Å². The largest absolute Gasteiger partial charge is 0.469 e. The highest BCUT2D eigenvalue weighted by Gasteiger charge is 2.50.